The van der Waals surface area contributed by atoms with Gasteiger partial charge in [0.1, 0.15) is 0 Å². The van der Waals surface area contributed by atoms with Gasteiger partial charge in [-0.15, -0.1) is 0 Å². The summed E-state index contributed by atoms with van der Waals surface area (Å²) in [5.41, 5.74) is 4.72. The van der Waals surface area contributed by atoms with Crippen LogP contribution in [0.2, 0.25) is 0 Å². The topological polar surface area (TPSA) is 98.2 Å². The summed E-state index contributed by atoms with van der Waals surface area (Å²) < 4.78 is 15.9. The first-order valence-electron chi connectivity index (χ1n) is 10.6. The van der Waals surface area contributed by atoms with Crippen LogP contribution >= 0.6 is 0 Å². The summed E-state index contributed by atoms with van der Waals surface area (Å²) in [7, 11) is 4.55. The number of nitrogens with zero attached hydrogens (tertiary/aromatic N) is 1. The van der Waals surface area contributed by atoms with Gasteiger partial charge in [0.15, 0.2) is 11.5 Å². The lowest BCUT2D eigenvalue weighted by molar-refractivity contribution is -0.126. The van der Waals surface area contributed by atoms with Crippen molar-refractivity contribution in [1.82, 2.24) is 10.7 Å². The predicted octanol–water partition coefficient (Wildman–Crippen LogP) is 3.11. The van der Waals surface area contributed by atoms with Gasteiger partial charge in [0.2, 0.25) is 11.7 Å². The first-order valence-corrected chi connectivity index (χ1v) is 10.6. The maximum absolute atomic E-state index is 13.0. The van der Waals surface area contributed by atoms with Crippen molar-refractivity contribution in [3.05, 3.63) is 89.5 Å². The molecule has 0 aliphatic rings. The van der Waals surface area contributed by atoms with Crippen LogP contribution in [0.5, 0.6) is 17.2 Å². The van der Waals surface area contributed by atoms with Gasteiger partial charge >= 0.3 is 0 Å². The second kappa shape index (κ2) is 12.1. The fraction of sp³-hybridized carbons (Fsp3) is 0.192. The fourth-order valence-electron chi connectivity index (χ4n) is 3.45. The van der Waals surface area contributed by atoms with Gasteiger partial charge in [0, 0.05) is 5.56 Å². The first-order chi connectivity index (χ1) is 16.6. The van der Waals surface area contributed by atoms with E-state index in [1.165, 1.54) is 27.5 Å². The lowest BCUT2D eigenvalue weighted by Crippen LogP contribution is -2.37. The van der Waals surface area contributed by atoms with E-state index in [0.717, 1.165) is 11.1 Å². The van der Waals surface area contributed by atoms with Crippen LogP contribution in [0, 0.1) is 0 Å². The van der Waals surface area contributed by atoms with Gasteiger partial charge in [-0.25, -0.2) is 5.43 Å². The number of nitrogens with one attached hydrogen (secondary N) is 2. The van der Waals surface area contributed by atoms with E-state index >= 15 is 0 Å². The standard InChI is InChI=1S/C26H27N3O5/c1-32-21-14-18(15-22(33-2)25(21)34-3)16-28-29-23(30)17-27-26(31)24(19-10-6-4-7-11-19)20-12-8-5-9-13-20/h4-16,24H,17H2,1-3H3,(H,27,31)(H,29,30)/b28-16+. The Morgan fingerprint density at radius 2 is 1.38 bits per heavy atom. The minimum Gasteiger partial charge on any atom is -0.493 e. The summed E-state index contributed by atoms with van der Waals surface area (Å²) in [5.74, 6) is 0.126. The van der Waals surface area contributed by atoms with Crippen LogP contribution in [-0.4, -0.2) is 45.9 Å². The third kappa shape index (κ3) is 6.13. The van der Waals surface area contributed by atoms with E-state index in [4.69, 9.17) is 14.2 Å². The molecule has 2 amide bonds. The summed E-state index contributed by atoms with van der Waals surface area (Å²) in [6.07, 6.45) is 1.45. The molecule has 8 heteroatoms. The van der Waals surface area contributed by atoms with Crippen LogP contribution in [-0.2, 0) is 9.59 Å². The monoisotopic (exact) mass is 461 g/mol. The fourth-order valence-corrected chi connectivity index (χ4v) is 3.45. The van der Waals surface area contributed by atoms with Gasteiger partial charge in [-0.05, 0) is 23.3 Å². The Morgan fingerprint density at radius 3 is 1.85 bits per heavy atom. The lowest BCUT2D eigenvalue weighted by Gasteiger charge is -2.17. The molecule has 0 unspecified atom stereocenters. The molecule has 176 valence electrons. The van der Waals surface area contributed by atoms with Crippen molar-refractivity contribution in [3.8, 4) is 17.2 Å². The van der Waals surface area contributed by atoms with E-state index in [9.17, 15) is 9.59 Å². The highest BCUT2D eigenvalue weighted by Gasteiger charge is 2.22. The highest BCUT2D eigenvalue weighted by molar-refractivity contribution is 5.91. The Balaban J connectivity index is 1.63. The maximum Gasteiger partial charge on any atom is 0.259 e. The quantitative estimate of drug-likeness (QED) is 0.357. The molecule has 0 saturated heterocycles. The molecule has 0 aromatic heterocycles. The van der Waals surface area contributed by atoms with Gasteiger partial charge in [-0.1, -0.05) is 60.7 Å². The van der Waals surface area contributed by atoms with Crippen LogP contribution in [0.15, 0.2) is 77.9 Å². The molecule has 0 bridgehead atoms. The number of ether oxygens (including phenoxy) is 3. The summed E-state index contributed by atoms with van der Waals surface area (Å²) in [6.45, 7) is -0.221. The molecular weight excluding hydrogens is 434 g/mol. The number of methoxy groups -OCH3 is 3. The average Bonchev–Trinajstić information content (AvgIpc) is 2.88. The predicted molar refractivity (Wildman–Crippen MR) is 130 cm³/mol. The molecule has 3 rings (SSSR count). The Labute approximate surface area is 198 Å². The largest absolute Gasteiger partial charge is 0.493 e. The van der Waals surface area contributed by atoms with Gasteiger partial charge in [0.25, 0.3) is 5.91 Å². The highest BCUT2D eigenvalue weighted by atomic mass is 16.5. The van der Waals surface area contributed by atoms with Gasteiger partial charge in [-0.3, -0.25) is 9.59 Å². The molecule has 0 spiro atoms. The molecule has 0 radical (unpaired) electrons. The Bertz CT molecular complexity index is 1070. The molecule has 0 aliphatic carbocycles. The number of carbonyl (C=O) groups is 2. The van der Waals surface area contributed by atoms with Crippen molar-refractivity contribution in [3.63, 3.8) is 0 Å². The average molecular weight is 462 g/mol. The van der Waals surface area contributed by atoms with Crippen molar-refractivity contribution in [2.75, 3.05) is 27.9 Å². The van der Waals surface area contributed by atoms with Gasteiger partial charge in [-0.2, -0.15) is 5.10 Å². The highest BCUT2D eigenvalue weighted by Crippen LogP contribution is 2.37. The zero-order chi connectivity index (χ0) is 24.3. The molecule has 0 aliphatic heterocycles. The molecule has 0 heterocycles. The second-order valence-corrected chi connectivity index (χ2v) is 7.22. The van der Waals surface area contributed by atoms with E-state index in [2.05, 4.69) is 15.8 Å². The maximum atomic E-state index is 13.0. The van der Waals surface area contributed by atoms with Crippen molar-refractivity contribution in [2.45, 2.75) is 5.92 Å². The van der Waals surface area contributed by atoms with E-state index in [0.29, 0.717) is 22.8 Å². The van der Waals surface area contributed by atoms with Gasteiger partial charge in [0.05, 0.1) is 40.0 Å². The molecular formula is C26H27N3O5. The van der Waals surface area contributed by atoms with E-state index in [1.807, 2.05) is 60.7 Å². The summed E-state index contributed by atoms with van der Waals surface area (Å²) in [6, 6.07) is 22.2. The zero-order valence-corrected chi connectivity index (χ0v) is 19.3. The normalized spacial score (nSPS) is 10.7. The number of rotatable bonds is 10. The molecule has 0 fully saturated rings. The van der Waals surface area contributed by atoms with Crippen LogP contribution < -0.4 is 25.0 Å². The van der Waals surface area contributed by atoms with Crippen molar-refractivity contribution < 1.29 is 23.8 Å². The van der Waals surface area contributed by atoms with E-state index < -0.39 is 11.8 Å². The van der Waals surface area contributed by atoms with Crippen molar-refractivity contribution in [2.24, 2.45) is 5.10 Å². The minimum atomic E-state index is -0.530. The SMILES string of the molecule is COc1cc(/C=N/NC(=O)CNC(=O)C(c2ccccc2)c2ccccc2)cc(OC)c1OC. The van der Waals surface area contributed by atoms with Crippen LogP contribution in [0.1, 0.15) is 22.6 Å². The zero-order valence-electron chi connectivity index (χ0n) is 19.3. The van der Waals surface area contributed by atoms with Crippen LogP contribution in [0.4, 0.5) is 0 Å². The Kier molecular flexibility index (Phi) is 8.62. The van der Waals surface area contributed by atoms with Crippen LogP contribution in [0.25, 0.3) is 0 Å². The number of hydrogen-bond donors (Lipinski definition) is 2. The number of carbonyl (C=O) groups excluding carboxylic acids is 2. The molecule has 0 atom stereocenters. The van der Waals surface area contributed by atoms with Gasteiger partial charge < -0.3 is 19.5 Å². The van der Waals surface area contributed by atoms with Crippen molar-refractivity contribution >= 4 is 18.0 Å². The first kappa shape index (κ1) is 24.3. The minimum absolute atomic E-state index is 0.221. The smallest absolute Gasteiger partial charge is 0.259 e. The molecule has 3 aromatic rings. The lowest BCUT2D eigenvalue weighted by atomic mass is 9.90. The summed E-state index contributed by atoms with van der Waals surface area (Å²) >= 11 is 0. The van der Waals surface area contributed by atoms with Crippen molar-refractivity contribution in [1.29, 1.82) is 0 Å². The molecule has 0 saturated carbocycles. The number of benzene rings is 3. The van der Waals surface area contributed by atoms with E-state index in [1.54, 1.807) is 12.1 Å². The molecule has 8 nitrogen and oxygen atoms in total. The third-order valence-corrected chi connectivity index (χ3v) is 5.04. The Hall–Kier alpha value is -4.33. The number of amides is 2. The molecule has 34 heavy (non-hydrogen) atoms. The van der Waals surface area contributed by atoms with E-state index in [-0.39, 0.29) is 12.5 Å². The number of hydrazone groups is 1. The second-order valence-electron chi connectivity index (χ2n) is 7.22. The third-order valence-electron chi connectivity index (χ3n) is 5.04. The Morgan fingerprint density at radius 1 is 0.853 bits per heavy atom. The van der Waals surface area contributed by atoms with Crippen LogP contribution in [0.3, 0.4) is 0 Å². The molecule has 2 N–H and O–H groups in total. The molecule has 3 aromatic carbocycles. The number of hydrogen-bond acceptors (Lipinski definition) is 6. The summed E-state index contributed by atoms with van der Waals surface area (Å²) in [5, 5.41) is 6.66. The summed E-state index contributed by atoms with van der Waals surface area (Å²) in [4.78, 5) is 25.2.